The summed E-state index contributed by atoms with van der Waals surface area (Å²) in [5, 5.41) is 2.75. The molecule has 1 heterocycles. The zero-order chi connectivity index (χ0) is 16.7. The molecule has 0 radical (unpaired) electrons. The fraction of sp³-hybridized carbons (Fsp3) is 0.562. The van der Waals surface area contributed by atoms with Crippen LogP contribution in [0.1, 0.15) is 13.8 Å². The minimum atomic E-state index is -0.283. The van der Waals surface area contributed by atoms with E-state index in [1.807, 2.05) is 19.9 Å². The summed E-state index contributed by atoms with van der Waals surface area (Å²) in [5.41, 5.74) is 1.51. The number of rotatable bonds is 7. The summed E-state index contributed by atoms with van der Waals surface area (Å²) in [5.74, 6) is 0.925. The third-order valence-electron chi connectivity index (χ3n) is 3.41. The highest BCUT2D eigenvalue weighted by Crippen LogP contribution is 2.39. The molecule has 1 N–H and O–H groups in total. The smallest absolute Gasteiger partial charge is 0.239 e. The first kappa shape index (κ1) is 20.7. The second-order valence-corrected chi connectivity index (χ2v) is 5.23. The van der Waals surface area contributed by atoms with Crippen LogP contribution < -0.4 is 19.7 Å². The number of nitrogens with one attached hydrogen (secondary N) is 1. The number of nitrogens with zero attached hydrogens (tertiary/aromatic N) is 1. The van der Waals surface area contributed by atoms with E-state index in [1.165, 1.54) is 0 Å². The predicted molar refractivity (Wildman–Crippen MR) is 98.4 cm³/mol. The first-order chi connectivity index (χ1) is 11.2. The van der Waals surface area contributed by atoms with Crippen molar-refractivity contribution < 1.29 is 19.0 Å². The molecule has 136 valence electrons. The second-order valence-electron chi connectivity index (χ2n) is 4.96. The van der Waals surface area contributed by atoms with E-state index in [1.54, 1.807) is 6.07 Å². The SMILES string of the molecule is CCOc1cc(N2CCOCC2)c(OCC)cc1NC(=O)CCl.Cl. The van der Waals surface area contributed by atoms with Gasteiger partial charge in [0.2, 0.25) is 5.91 Å². The van der Waals surface area contributed by atoms with Gasteiger partial charge in [0.05, 0.1) is 37.8 Å². The monoisotopic (exact) mass is 378 g/mol. The van der Waals surface area contributed by atoms with Crippen LogP contribution in [0.5, 0.6) is 11.5 Å². The van der Waals surface area contributed by atoms with Crippen molar-refractivity contribution in [2.45, 2.75) is 13.8 Å². The molecule has 0 aromatic heterocycles. The maximum absolute atomic E-state index is 11.6. The molecule has 0 atom stereocenters. The molecule has 8 heteroatoms. The lowest BCUT2D eigenvalue weighted by Gasteiger charge is -2.31. The van der Waals surface area contributed by atoms with Crippen LogP contribution in [0, 0.1) is 0 Å². The van der Waals surface area contributed by atoms with Crippen LogP contribution in [-0.4, -0.2) is 51.3 Å². The molecule has 1 aromatic rings. The van der Waals surface area contributed by atoms with E-state index in [-0.39, 0.29) is 24.2 Å². The van der Waals surface area contributed by atoms with Crippen molar-refractivity contribution in [2.24, 2.45) is 0 Å². The summed E-state index contributed by atoms with van der Waals surface area (Å²) in [7, 11) is 0. The minimum absolute atomic E-state index is 0. The molecular formula is C16H24Cl2N2O4. The number of carbonyl (C=O) groups is 1. The third-order valence-corrected chi connectivity index (χ3v) is 3.65. The average molecular weight is 379 g/mol. The van der Waals surface area contributed by atoms with Gasteiger partial charge < -0.3 is 24.4 Å². The molecule has 24 heavy (non-hydrogen) atoms. The van der Waals surface area contributed by atoms with Crippen molar-refractivity contribution in [3.63, 3.8) is 0 Å². The molecule has 1 aliphatic rings. The Morgan fingerprint density at radius 2 is 1.83 bits per heavy atom. The Hall–Kier alpha value is -1.37. The van der Waals surface area contributed by atoms with Gasteiger partial charge in [0.15, 0.2) is 0 Å². The number of hydrogen-bond acceptors (Lipinski definition) is 5. The molecule has 6 nitrogen and oxygen atoms in total. The number of halogens is 2. The van der Waals surface area contributed by atoms with Crippen molar-refractivity contribution in [2.75, 3.05) is 55.6 Å². The highest BCUT2D eigenvalue weighted by atomic mass is 35.5. The quantitative estimate of drug-likeness (QED) is 0.739. The minimum Gasteiger partial charge on any atom is -0.492 e. The summed E-state index contributed by atoms with van der Waals surface area (Å²) in [6.45, 7) is 7.81. The molecule has 2 rings (SSSR count). The number of carbonyl (C=O) groups excluding carboxylic acids is 1. The summed E-state index contributed by atoms with van der Waals surface area (Å²) in [6.07, 6.45) is 0. The summed E-state index contributed by atoms with van der Waals surface area (Å²) in [6, 6.07) is 3.70. The number of anilines is 2. The van der Waals surface area contributed by atoms with Gasteiger partial charge in [-0.1, -0.05) is 0 Å². The van der Waals surface area contributed by atoms with Crippen molar-refractivity contribution in [1.82, 2.24) is 0 Å². The fourth-order valence-corrected chi connectivity index (χ4v) is 2.49. The molecule has 0 bridgehead atoms. The number of hydrogen-bond donors (Lipinski definition) is 1. The van der Waals surface area contributed by atoms with Gasteiger partial charge in [-0.25, -0.2) is 0 Å². The van der Waals surface area contributed by atoms with Gasteiger partial charge in [-0.15, -0.1) is 24.0 Å². The van der Waals surface area contributed by atoms with E-state index in [2.05, 4.69) is 10.2 Å². The number of ether oxygens (including phenoxy) is 3. The molecule has 0 unspecified atom stereocenters. The fourth-order valence-electron chi connectivity index (χ4n) is 2.43. The highest BCUT2D eigenvalue weighted by Gasteiger charge is 2.20. The van der Waals surface area contributed by atoms with E-state index < -0.39 is 0 Å². The number of amides is 1. The Kier molecular flexibility index (Phi) is 9.03. The molecule has 0 saturated carbocycles. The van der Waals surface area contributed by atoms with E-state index in [0.717, 1.165) is 18.8 Å². The maximum atomic E-state index is 11.6. The summed E-state index contributed by atoms with van der Waals surface area (Å²) in [4.78, 5) is 13.8. The van der Waals surface area contributed by atoms with Crippen molar-refractivity contribution in [3.8, 4) is 11.5 Å². The average Bonchev–Trinajstić information content (AvgIpc) is 2.58. The molecule has 1 fully saturated rings. The van der Waals surface area contributed by atoms with Crippen LogP contribution in [0.2, 0.25) is 0 Å². The number of alkyl halides is 1. The van der Waals surface area contributed by atoms with Gasteiger partial charge in [-0.05, 0) is 13.8 Å². The Labute approximate surface area is 153 Å². The van der Waals surface area contributed by atoms with Crippen LogP contribution in [0.4, 0.5) is 11.4 Å². The van der Waals surface area contributed by atoms with Crippen molar-refractivity contribution in [3.05, 3.63) is 12.1 Å². The Morgan fingerprint density at radius 1 is 1.21 bits per heavy atom. The Bertz CT molecular complexity index is 537. The van der Waals surface area contributed by atoms with Crippen LogP contribution in [-0.2, 0) is 9.53 Å². The summed E-state index contributed by atoms with van der Waals surface area (Å²) >= 11 is 5.58. The number of morpholine rings is 1. The lowest BCUT2D eigenvalue weighted by Crippen LogP contribution is -2.36. The summed E-state index contributed by atoms with van der Waals surface area (Å²) < 4.78 is 16.8. The zero-order valence-electron chi connectivity index (χ0n) is 14.0. The number of benzene rings is 1. The van der Waals surface area contributed by atoms with Gasteiger partial charge in [-0.2, -0.15) is 0 Å². The van der Waals surface area contributed by atoms with Gasteiger partial charge in [0.1, 0.15) is 17.4 Å². The van der Waals surface area contributed by atoms with E-state index >= 15 is 0 Å². The molecule has 0 spiro atoms. The molecule has 0 aliphatic carbocycles. The van der Waals surface area contributed by atoms with E-state index in [4.69, 9.17) is 25.8 Å². The maximum Gasteiger partial charge on any atom is 0.239 e. The first-order valence-electron chi connectivity index (χ1n) is 7.81. The zero-order valence-corrected chi connectivity index (χ0v) is 15.5. The van der Waals surface area contributed by atoms with Crippen LogP contribution in [0.15, 0.2) is 12.1 Å². The van der Waals surface area contributed by atoms with Gasteiger partial charge in [0, 0.05) is 25.2 Å². The highest BCUT2D eigenvalue weighted by molar-refractivity contribution is 6.29. The largest absolute Gasteiger partial charge is 0.492 e. The molecule has 1 amide bonds. The lowest BCUT2D eigenvalue weighted by molar-refractivity contribution is -0.113. The van der Waals surface area contributed by atoms with E-state index in [0.29, 0.717) is 43.6 Å². The predicted octanol–water partition coefficient (Wildman–Crippen LogP) is 2.92. The van der Waals surface area contributed by atoms with Gasteiger partial charge in [0.25, 0.3) is 0 Å². The van der Waals surface area contributed by atoms with Crippen LogP contribution in [0.3, 0.4) is 0 Å². The molecule has 1 aliphatic heterocycles. The van der Waals surface area contributed by atoms with Crippen LogP contribution >= 0.6 is 24.0 Å². The molecule has 1 saturated heterocycles. The normalized spacial score (nSPS) is 13.9. The first-order valence-corrected chi connectivity index (χ1v) is 8.35. The third kappa shape index (κ3) is 5.33. The topological polar surface area (TPSA) is 60.0 Å². The van der Waals surface area contributed by atoms with Crippen molar-refractivity contribution in [1.29, 1.82) is 0 Å². The van der Waals surface area contributed by atoms with Gasteiger partial charge in [-0.3, -0.25) is 4.79 Å². The Balaban J connectivity index is 0.00000288. The van der Waals surface area contributed by atoms with E-state index in [9.17, 15) is 4.79 Å². The van der Waals surface area contributed by atoms with Gasteiger partial charge >= 0.3 is 0 Å². The van der Waals surface area contributed by atoms with Crippen LogP contribution in [0.25, 0.3) is 0 Å². The molecule has 1 aromatic carbocycles. The second kappa shape index (κ2) is 10.5. The molecular weight excluding hydrogens is 355 g/mol. The standard InChI is InChI=1S/C16H23ClN2O4.ClH/c1-3-22-14-10-13(19-5-7-21-8-6-19)15(23-4-2)9-12(14)18-16(20)11-17;/h9-10H,3-8,11H2,1-2H3,(H,18,20);1H. The Morgan fingerprint density at radius 3 is 2.42 bits per heavy atom. The lowest BCUT2D eigenvalue weighted by atomic mass is 10.2. The van der Waals surface area contributed by atoms with Crippen molar-refractivity contribution >= 4 is 41.3 Å².